The van der Waals surface area contributed by atoms with Gasteiger partial charge >= 0.3 is 0 Å². The Morgan fingerprint density at radius 3 is 1.10 bits per heavy atom. The smallest absolute Gasteiger partial charge is 0.0671 e. The molecule has 2 aromatic carbocycles. The highest BCUT2D eigenvalue weighted by Gasteiger charge is 2.56. The van der Waals surface area contributed by atoms with E-state index in [9.17, 15) is 0 Å². The maximum atomic E-state index is 2.56. The first-order valence-electron chi connectivity index (χ1n) is 7.32. The predicted octanol–water partition coefficient (Wildman–Crippen LogP) is 5.18. The fourth-order valence-corrected chi connectivity index (χ4v) is 14.3. The molecule has 0 aromatic heterocycles. The third-order valence-corrected chi connectivity index (χ3v) is 23.0. The summed E-state index contributed by atoms with van der Waals surface area (Å²) in [5.74, 6) is 0. The molecule has 0 radical (unpaired) electrons. The molecule has 0 nitrogen and oxygen atoms in total. The molecule has 0 saturated heterocycles. The zero-order chi connectivity index (χ0) is 14.4. The van der Waals surface area contributed by atoms with Crippen LogP contribution in [0.15, 0.2) is 60.7 Å². The summed E-state index contributed by atoms with van der Waals surface area (Å²) in [7, 11) is -2.55. The van der Waals surface area contributed by atoms with Gasteiger partial charge in [0.05, 0.1) is 15.2 Å². The third kappa shape index (κ3) is 1.79. The average Bonchev–Trinajstić information content (AvgIpc) is 2.45. The Bertz CT molecular complexity index is 593. The number of hydrogen-bond donors (Lipinski definition) is 0. The molecule has 3 rings (SSSR count). The van der Waals surface area contributed by atoms with Gasteiger partial charge in [0.2, 0.25) is 0 Å². The van der Waals surface area contributed by atoms with Gasteiger partial charge in [-0.2, -0.15) is 0 Å². The van der Waals surface area contributed by atoms with Gasteiger partial charge in [-0.1, -0.05) is 97.2 Å². The highest BCUT2D eigenvalue weighted by Crippen LogP contribution is 2.53. The van der Waals surface area contributed by atoms with Gasteiger partial charge in [-0.3, -0.25) is 0 Å². The molecule has 0 amide bonds. The third-order valence-electron chi connectivity index (χ3n) is 5.19. The van der Waals surface area contributed by atoms with E-state index in [1.54, 1.807) is 10.4 Å². The van der Waals surface area contributed by atoms with Crippen molar-refractivity contribution in [3.63, 3.8) is 0 Å². The molecule has 0 bridgehead atoms. The van der Waals surface area contributed by atoms with Crippen molar-refractivity contribution in [1.29, 1.82) is 0 Å². The van der Waals surface area contributed by atoms with Crippen LogP contribution in [-0.2, 0) is 0 Å². The lowest BCUT2D eigenvalue weighted by Gasteiger charge is -2.53. The van der Waals surface area contributed by atoms with Crippen molar-refractivity contribution >= 4 is 25.6 Å². The van der Waals surface area contributed by atoms with Gasteiger partial charge in [-0.15, -0.1) is 0 Å². The molecule has 1 aliphatic rings. The lowest BCUT2D eigenvalue weighted by Crippen LogP contribution is -2.65. The highest BCUT2D eigenvalue weighted by molar-refractivity contribution is 7.60. The quantitative estimate of drug-likeness (QED) is 0.669. The Hall–Kier alpha value is -1.39. The second-order valence-corrected chi connectivity index (χ2v) is 21.7. The van der Waals surface area contributed by atoms with Gasteiger partial charge in [0, 0.05) is 0 Å². The molecule has 20 heavy (non-hydrogen) atoms. The molecule has 1 aliphatic heterocycles. The Morgan fingerprint density at radius 2 is 0.800 bits per heavy atom. The first kappa shape index (κ1) is 13.6. The van der Waals surface area contributed by atoms with Crippen LogP contribution in [-0.4, -0.2) is 15.2 Å². The molecular formula is C18H22Si2. The van der Waals surface area contributed by atoms with Crippen LogP contribution in [0.4, 0.5) is 0 Å². The van der Waals surface area contributed by atoms with Crippen molar-refractivity contribution in [2.24, 2.45) is 0 Å². The van der Waals surface area contributed by atoms with E-state index >= 15 is 0 Å². The largest absolute Gasteiger partial charge is 0.0798 e. The molecule has 102 valence electrons. The Balaban J connectivity index is 2.25. The normalized spacial score (nSPS) is 19.6. The maximum Gasteiger partial charge on any atom is 0.0798 e. The molecule has 0 spiro atoms. The lowest BCUT2D eigenvalue weighted by atomic mass is 10.1. The fraction of sp³-hybridized carbons (Fsp3) is 0.222. The SMILES string of the molecule is C[Si]1(C)C(c2ccccc2)=C(c2ccccc2)[Si]1(C)C. The number of rotatable bonds is 2. The fourth-order valence-electron chi connectivity index (χ4n) is 3.41. The van der Waals surface area contributed by atoms with E-state index in [4.69, 9.17) is 0 Å². The van der Waals surface area contributed by atoms with Crippen LogP contribution < -0.4 is 0 Å². The first-order chi connectivity index (χ1) is 9.46. The van der Waals surface area contributed by atoms with E-state index in [-0.39, 0.29) is 0 Å². The minimum atomic E-state index is -1.28. The molecule has 1 heterocycles. The molecule has 0 N–H and O–H groups in total. The van der Waals surface area contributed by atoms with Gasteiger partial charge in [-0.25, -0.2) is 0 Å². The van der Waals surface area contributed by atoms with Crippen LogP contribution >= 0.6 is 0 Å². The van der Waals surface area contributed by atoms with E-state index in [0.717, 1.165) is 0 Å². The molecule has 2 aromatic rings. The second-order valence-electron chi connectivity index (χ2n) is 6.73. The lowest BCUT2D eigenvalue weighted by molar-refractivity contribution is 1.57. The van der Waals surface area contributed by atoms with Gasteiger partial charge in [0.15, 0.2) is 0 Å². The van der Waals surface area contributed by atoms with Gasteiger partial charge in [-0.05, 0) is 11.1 Å². The van der Waals surface area contributed by atoms with Crippen LogP contribution in [0.3, 0.4) is 0 Å². The van der Waals surface area contributed by atoms with E-state index in [1.165, 1.54) is 11.1 Å². The standard InChI is InChI=1S/C18H22Si2/c1-19(2)17(15-11-7-5-8-12-15)18(20(19,3)4)16-13-9-6-10-14-16/h5-14H,1-4H3. The van der Waals surface area contributed by atoms with Crippen LogP contribution in [0.2, 0.25) is 26.2 Å². The van der Waals surface area contributed by atoms with E-state index in [2.05, 4.69) is 86.9 Å². The maximum absolute atomic E-state index is 2.56. The first-order valence-corrected chi connectivity index (χ1v) is 14.3. The summed E-state index contributed by atoms with van der Waals surface area (Å²) in [5, 5.41) is 3.39. The summed E-state index contributed by atoms with van der Waals surface area (Å²) >= 11 is 0. The Labute approximate surface area is 124 Å². The molecule has 0 atom stereocenters. The minimum absolute atomic E-state index is 1.28. The molecule has 0 aliphatic carbocycles. The number of hydrogen-bond acceptors (Lipinski definition) is 0. The predicted molar refractivity (Wildman–Crippen MR) is 94.7 cm³/mol. The summed E-state index contributed by atoms with van der Waals surface area (Å²) in [6.45, 7) is 10.3. The topological polar surface area (TPSA) is 0 Å². The van der Waals surface area contributed by atoms with Crippen molar-refractivity contribution < 1.29 is 0 Å². The van der Waals surface area contributed by atoms with Crippen molar-refractivity contribution in [2.45, 2.75) is 26.2 Å². The Morgan fingerprint density at radius 1 is 0.500 bits per heavy atom. The van der Waals surface area contributed by atoms with Gasteiger partial charge in [0.1, 0.15) is 0 Å². The summed E-state index contributed by atoms with van der Waals surface area (Å²) in [4.78, 5) is 0. The van der Waals surface area contributed by atoms with E-state index in [1.807, 2.05) is 0 Å². The summed E-state index contributed by atoms with van der Waals surface area (Å²) < 4.78 is 0. The molecule has 0 fully saturated rings. The van der Waals surface area contributed by atoms with Crippen LogP contribution in [0.5, 0.6) is 0 Å². The van der Waals surface area contributed by atoms with E-state index in [0.29, 0.717) is 0 Å². The van der Waals surface area contributed by atoms with Crippen molar-refractivity contribution in [3.8, 4) is 0 Å². The zero-order valence-electron chi connectivity index (χ0n) is 12.8. The average molecular weight is 295 g/mol. The monoisotopic (exact) mass is 294 g/mol. The highest BCUT2D eigenvalue weighted by atomic mass is 29.3. The molecule has 2 heteroatoms. The Kier molecular flexibility index (Phi) is 3.11. The van der Waals surface area contributed by atoms with Crippen LogP contribution in [0, 0.1) is 0 Å². The van der Waals surface area contributed by atoms with Crippen molar-refractivity contribution in [2.75, 3.05) is 0 Å². The van der Waals surface area contributed by atoms with E-state index < -0.39 is 15.2 Å². The van der Waals surface area contributed by atoms with Crippen molar-refractivity contribution in [3.05, 3.63) is 71.8 Å². The summed E-state index contributed by atoms with van der Waals surface area (Å²) in [6, 6.07) is 22.1. The second kappa shape index (κ2) is 4.57. The molecular weight excluding hydrogens is 272 g/mol. The van der Waals surface area contributed by atoms with Crippen LogP contribution in [0.25, 0.3) is 10.4 Å². The van der Waals surface area contributed by atoms with Crippen molar-refractivity contribution in [1.82, 2.24) is 0 Å². The molecule has 0 saturated carbocycles. The zero-order valence-corrected chi connectivity index (χ0v) is 14.8. The van der Waals surface area contributed by atoms with Gasteiger partial charge in [0.25, 0.3) is 0 Å². The number of benzene rings is 2. The van der Waals surface area contributed by atoms with Crippen LogP contribution in [0.1, 0.15) is 11.1 Å². The summed E-state index contributed by atoms with van der Waals surface area (Å²) in [5.41, 5.74) is 2.91. The van der Waals surface area contributed by atoms with Gasteiger partial charge < -0.3 is 0 Å². The summed E-state index contributed by atoms with van der Waals surface area (Å²) in [6.07, 6.45) is 0. The minimum Gasteiger partial charge on any atom is -0.0671 e. The molecule has 0 unspecified atom stereocenters.